The number of ether oxygens (including phenoxy) is 1. The van der Waals surface area contributed by atoms with Gasteiger partial charge in [0.15, 0.2) is 5.82 Å². The normalized spacial score (nSPS) is 20.3. The lowest BCUT2D eigenvalue weighted by Gasteiger charge is -2.33. The van der Waals surface area contributed by atoms with Gasteiger partial charge in [0.2, 0.25) is 0 Å². The molecule has 3 aliphatic rings. The number of methoxy groups -OCH3 is 1. The van der Waals surface area contributed by atoms with Crippen molar-refractivity contribution in [3.63, 3.8) is 0 Å². The zero-order valence-corrected chi connectivity index (χ0v) is 15.4. The van der Waals surface area contributed by atoms with Crippen LogP contribution in [0.2, 0.25) is 0 Å². The second-order valence-electron chi connectivity index (χ2n) is 6.67. The Morgan fingerprint density at radius 3 is 3.14 bits per heavy atom. The van der Waals surface area contributed by atoms with Crippen molar-refractivity contribution in [2.75, 3.05) is 7.11 Å². The monoisotopic (exact) mass is 369 g/mol. The number of pyridine rings is 1. The summed E-state index contributed by atoms with van der Waals surface area (Å²) in [5.41, 5.74) is 7.14. The van der Waals surface area contributed by atoms with Gasteiger partial charge in [0.1, 0.15) is 5.76 Å². The molecule has 1 aliphatic carbocycles. The van der Waals surface area contributed by atoms with Crippen LogP contribution in [-0.4, -0.2) is 35.0 Å². The molecule has 1 aromatic heterocycles. The van der Waals surface area contributed by atoms with Gasteiger partial charge in [0, 0.05) is 35.8 Å². The molecule has 2 aliphatic heterocycles. The van der Waals surface area contributed by atoms with Crippen molar-refractivity contribution < 1.29 is 4.74 Å². The highest BCUT2D eigenvalue weighted by Gasteiger charge is 2.31. The SMILES string of the molecule is COC1=CC2=NC(N/N=C/c3ccnc4ccccc34)=C3CC=CN3C2C=C1. The first kappa shape index (κ1) is 16.5. The number of fused-ring (bicyclic) bond motifs is 4. The predicted molar refractivity (Wildman–Crippen MR) is 111 cm³/mol. The molecule has 0 bridgehead atoms. The van der Waals surface area contributed by atoms with Crippen LogP contribution in [0.15, 0.2) is 94.4 Å². The molecule has 5 rings (SSSR count). The summed E-state index contributed by atoms with van der Waals surface area (Å²) in [5.74, 6) is 1.56. The molecule has 0 amide bonds. The lowest BCUT2D eigenvalue weighted by atomic mass is 10.0. The molecule has 1 unspecified atom stereocenters. The zero-order chi connectivity index (χ0) is 18.9. The minimum Gasteiger partial charge on any atom is -0.497 e. The topological polar surface area (TPSA) is 62.1 Å². The van der Waals surface area contributed by atoms with Crippen LogP contribution in [0, 0.1) is 0 Å². The third-order valence-electron chi connectivity index (χ3n) is 5.03. The molecule has 1 aromatic carbocycles. The summed E-state index contributed by atoms with van der Waals surface area (Å²) in [6.07, 6.45) is 14.7. The van der Waals surface area contributed by atoms with Gasteiger partial charge in [-0.15, -0.1) is 0 Å². The van der Waals surface area contributed by atoms with Gasteiger partial charge in [-0.1, -0.05) is 30.4 Å². The molecule has 1 atom stereocenters. The fraction of sp³-hybridized carbons (Fsp3) is 0.136. The summed E-state index contributed by atoms with van der Waals surface area (Å²) < 4.78 is 5.35. The number of nitrogens with zero attached hydrogens (tertiary/aromatic N) is 4. The molecule has 28 heavy (non-hydrogen) atoms. The van der Waals surface area contributed by atoms with Crippen molar-refractivity contribution in [1.82, 2.24) is 15.3 Å². The van der Waals surface area contributed by atoms with E-state index in [0.29, 0.717) is 0 Å². The lowest BCUT2D eigenvalue weighted by Crippen LogP contribution is -2.39. The third-order valence-corrected chi connectivity index (χ3v) is 5.03. The fourth-order valence-corrected chi connectivity index (χ4v) is 3.65. The largest absolute Gasteiger partial charge is 0.497 e. The number of nitrogens with one attached hydrogen (secondary N) is 1. The van der Waals surface area contributed by atoms with E-state index < -0.39 is 0 Å². The van der Waals surface area contributed by atoms with Crippen molar-refractivity contribution in [3.05, 3.63) is 89.9 Å². The van der Waals surface area contributed by atoms with Crippen LogP contribution in [0.5, 0.6) is 0 Å². The summed E-state index contributed by atoms with van der Waals surface area (Å²) in [7, 11) is 1.67. The molecule has 138 valence electrons. The van der Waals surface area contributed by atoms with E-state index in [1.807, 2.05) is 48.7 Å². The van der Waals surface area contributed by atoms with Gasteiger partial charge < -0.3 is 9.64 Å². The van der Waals surface area contributed by atoms with E-state index >= 15 is 0 Å². The highest BCUT2D eigenvalue weighted by Crippen LogP contribution is 2.31. The number of hydrazone groups is 1. The molecule has 2 aromatic rings. The molecule has 0 radical (unpaired) electrons. The molecule has 0 spiro atoms. The Labute approximate surface area is 162 Å². The molecule has 6 nitrogen and oxygen atoms in total. The standard InChI is InChI=1S/C22H19N5O/c1-28-16-8-9-20-19(13-16)25-22(21-7-4-12-27(20)21)26-24-14-15-10-11-23-18-6-3-2-5-17(15)18/h2-6,8-14,20,26H,7H2,1H3/b24-14+. The Balaban J connectivity index is 1.44. The maximum atomic E-state index is 5.35. The second kappa shape index (κ2) is 6.81. The average Bonchev–Trinajstić information content (AvgIpc) is 3.24. The first-order valence-corrected chi connectivity index (χ1v) is 9.17. The van der Waals surface area contributed by atoms with Crippen LogP contribution in [0.25, 0.3) is 10.9 Å². The summed E-state index contributed by atoms with van der Waals surface area (Å²) in [4.78, 5) is 11.4. The number of allylic oxidation sites excluding steroid dienone is 2. The van der Waals surface area contributed by atoms with Crippen molar-refractivity contribution in [2.45, 2.75) is 12.5 Å². The first-order valence-electron chi connectivity index (χ1n) is 9.17. The Bertz CT molecular complexity index is 1120. The minimum atomic E-state index is 0.103. The Morgan fingerprint density at radius 1 is 1.29 bits per heavy atom. The number of para-hydroxylation sites is 1. The van der Waals surface area contributed by atoms with Crippen LogP contribution in [-0.2, 0) is 4.74 Å². The maximum absolute atomic E-state index is 5.35. The summed E-state index contributed by atoms with van der Waals surface area (Å²) in [6.45, 7) is 0. The first-order chi connectivity index (χ1) is 13.8. The third kappa shape index (κ3) is 2.79. The molecule has 6 heteroatoms. The summed E-state index contributed by atoms with van der Waals surface area (Å²) >= 11 is 0. The van der Waals surface area contributed by atoms with Gasteiger partial charge in [-0.3, -0.25) is 10.4 Å². The molecule has 1 N–H and O–H groups in total. The van der Waals surface area contributed by atoms with Gasteiger partial charge >= 0.3 is 0 Å². The number of aliphatic imine (C=N–C) groups is 1. The predicted octanol–water partition coefficient (Wildman–Crippen LogP) is 3.47. The summed E-state index contributed by atoms with van der Waals surface area (Å²) in [5, 5.41) is 5.53. The van der Waals surface area contributed by atoms with Crippen LogP contribution in [0.1, 0.15) is 12.0 Å². The fourth-order valence-electron chi connectivity index (χ4n) is 3.65. The molecule has 0 saturated heterocycles. The Kier molecular flexibility index (Phi) is 4.01. The number of aromatic nitrogens is 1. The van der Waals surface area contributed by atoms with Crippen LogP contribution >= 0.6 is 0 Å². The van der Waals surface area contributed by atoms with Gasteiger partial charge in [-0.25, -0.2) is 4.99 Å². The average molecular weight is 369 g/mol. The Hall–Kier alpha value is -3.67. The quantitative estimate of drug-likeness (QED) is 0.662. The summed E-state index contributed by atoms with van der Waals surface area (Å²) in [6, 6.07) is 10.1. The van der Waals surface area contributed by atoms with Crippen molar-refractivity contribution in [1.29, 1.82) is 0 Å². The smallest absolute Gasteiger partial charge is 0.166 e. The van der Waals surface area contributed by atoms with E-state index in [9.17, 15) is 0 Å². The van der Waals surface area contributed by atoms with Crippen molar-refractivity contribution in [3.8, 4) is 0 Å². The highest BCUT2D eigenvalue weighted by atomic mass is 16.5. The lowest BCUT2D eigenvalue weighted by molar-refractivity contribution is 0.305. The van der Waals surface area contributed by atoms with Gasteiger partial charge in [0.25, 0.3) is 0 Å². The van der Waals surface area contributed by atoms with Crippen LogP contribution in [0.3, 0.4) is 0 Å². The van der Waals surface area contributed by atoms with E-state index in [1.165, 1.54) is 0 Å². The maximum Gasteiger partial charge on any atom is 0.166 e. The number of rotatable bonds is 4. The van der Waals surface area contributed by atoms with E-state index in [0.717, 1.165) is 45.9 Å². The van der Waals surface area contributed by atoms with Crippen molar-refractivity contribution in [2.24, 2.45) is 10.1 Å². The number of benzene rings is 1. The van der Waals surface area contributed by atoms with E-state index in [2.05, 4.69) is 38.8 Å². The van der Waals surface area contributed by atoms with Crippen LogP contribution < -0.4 is 5.43 Å². The van der Waals surface area contributed by atoms with Crippen LogP contribution in [0.4, 0.5) is 0 Å². The number of hydrogen-bond donors (Lipinski definition) is 1. The van der Waals surface area contributed by atoms with E-state index in [1.54, 1.807) is 13.3 Å². The van der Waals surface area contributed by atoms with Crippen molar-refractivity contribution >= 4 is 22.8 Å². The van der Waals surface area contributed by atoms with Gasteiger partial charge in [-0.2, -0.15) is 5.10 Å². The molecule has 0 saturated carbocycles. The molecule has 3 heterocycles. The number of hydrogen-bond acceptors (Lipinski definition) is 6. The van der Waals surface area contributed by atoms with Gasteiger partial charge in [-0.05, 0) is 18.2 Å². The highest BCUT2D eigenvalue weighted by molar-refractivity contribution is 6.04. The van der Waals surface area contributed by atoms with E-state index in [4.69, 9.17) is 9.73 Å². The van der Waals surface area contributed by atoms with Gasteiger partial charge in [0.05, 0.1) is 36.3 Å². The van der Waals surface area contributed by atoms with E-state index in [-0.39, 0.29) is 6.04 Å². The minimum absolute atomic E-state index is 0.103. The molecular formula is C22H19N5O. The molecule has 0 fully saturated rings. The second-order valence-corrected chi connectivity index (χ2v) is 6.67. The zero-order valence-electron chi connectivity index (χ0n) is 15.4. The molecular weight excluding hydrogens is 350 g/mol. The Morgan fingerprint density at radius 2 is 2.21 bits per heavy atom.